The molecule has 0 aliphatic heterocycles. The van der Waals surface area contributed by atoms with Crippen molar-refractivity contribution in [1.29, 1.82) is 0 Å². The van der Waals surface area contributed by atoms with Gasteiger partial charge in [-0.1, -0.05) is 0 Å². The summed E-state index contributed by atoms with van der Waals surface area (Å²) in [5.41, 5.74) is 11.4. The monoisotopic (exact) mass is 240 g/mol. The van der Waals surface area contributed by atoms with Crippen LogP contribution in [-0.2, 0) is 9.59 Å². The molecule has 7 heteroatoms. The third-order valence-corrected chi connectivity index (χ3v) is 2.46. The van der Waals surface area contributed by atoms with Gasteiger partial charge in [-0.3, -0.25) is 9.59 Å². The number of nitrogens with one attached hydrogen (secondary N) is 1. The second kappa shape index (κ2) is 5.07. The van der Waals surface area contributed by atoms with Gasteiger partial charge < -0.3 is 21.6 Å². The quantitative estimate of drug-likeness (QED) is 0.528. The molecular formula is C10H16N4O3. The molecule has 1 aromatic rings. The molecule has 0 amide bonds. The molecule has 0 fully saturated rings. The smallest absolute Gasteiger partial charge is 0.321 e. The zero-order chi connectivity index (χ0) is 13.2. The first kappa shape index (κ1) is 13.3. The van der Waals surface area contributed by atoms with E-state index in [1.165, 1.54) is 13.1 Å². The number of carboxylic acids is 1. The zero-order valence-electron chi connectivity index (χ0n) is 9.68. The van der Waals surface area contributed by atoms with Gasteiger partial charge in [0, 0.05) is 11.9 Å². The Hall–Kier alpha value is -1.73. The lowest BCUT2D eigenvalue weighted by atomic mass is 9.89. The molecule has 0 saturated heterocycles. The van der Waals surface area contributed by atoms with E-state index in [-0.39, 0.29) is 0 Å². The van der Waals surface area contributed by atoms with Gasteiger partial charge in [0.25, 0.3) is 0 Å². The van der Waals surface area contributed by atoms with Crippen molar-refractivity contribution in [2.75, 3.05) is 0 Å². The molecule has 3 atom stereocenters. The maximum atomic E-state index is 11.9. The average Bonchev–Trinajstić information content (AvgIpc) is 2.64. The summed E-state index contributed by atoms with van der Waals surface area (Å²) in [5.74, 6) is -2.10. The van der Waals surface area contributed by atoms with Crippen LogP contribution in [0.5, 0.6) is 0 Å². The van der Waals surface area contributed by atoms with Crippen molar-refractivity contribution in [1.82, 2.24) is 9.97 Å². The Morgan fingerprint density at radius 1 is 1.47 bits per heavy atom. The molecule has 0 aliphatic rings. The normalized spacial score (nSPS) is 16.2. The van der Waals surface area contributed by atoms with E-state index < -0.39 is 29.8 Å². The number of aromatic amines is 1. The van der Waals surface area contributed by atoms with E-state index >= 15 is 0 Å². The minimum absolute atomic E-state index is 0.375. The molecule has 3 unspecified atom stereocenters. The van der Waals surface area contributed by atoms with Crippen LogP contribution in [0.3, 0.4) is 0 Å². The van der Waals surface area contributed by atoms with E-state index in [1.54, 1.807) is 6.92 Å². The molecule has 1 heterocycles. The van der Waals surface area contributed by atoms with E-state index in [9.17, 15) is 9.59 Å². The molecule has 6 N–H and O–H groups in total. The average molecular weight is 240 g/mol. The van der Waals surface area contributed by atoms with Gasteiger partial charge in [-0.05, 0) is 13.8 Å². The Morgan fingerprint density at radius 3 is 2.41 bits per heavy atom. The van der Waals surface area contributed by atoms with Gasteiger partial charge >= 0.3 is 5.97 Å². The highest BCUT2D eigenvalue weighted by Crippen LogP contribution is 2.19. The highest BCUT2D eigenvalue weighted by atomic mass is 16.4. The van der Waals surface area contributed by atoms with Crippen LogP contribution in [0.15, 0.2) is 6.20 Å². The number of hydrogen-bond acceptors (Lipinski definition) is 5. The number of Topliss-reactive ketones (excluding diaryl/α,β-unsaturated/α-hetero) is 1. The van der Waals surface area contributed by atoms with Crippen LogP contribution in [0.1, 0.15) is 24.4 Å². The SMILES string of the molecule is Cc1ncc(C(C(=O)C(C)N)C(N)C(=O)O)[nH]1. The minimum Gasteiger partial charge on any atom is -0.480 e. The van der Waals surface area contributed by atoms with Gasteiger partial charge in [0.1, 0.15) is 11.9 Å². The van der Waals surface area contributed by atoms with Crippen molar-refractivity contribution < 1.29 is 14.7 Å². The number of ketones is 1. The Labute approximate surface area is 98.2 Å². The first-order valence-electron chi connectivity index (χ1n) is 5.13. The van der Waals surface area contributed by atoms with Crippen LogP contribution < -0.4 is 11.5 Å². The first-order valence-corrected chi connectivity index (χ1v) is 5.13. The van der Waals surface area contributed by atoms with Gasteiger partial charge in [-0.15, -0.1) is 0 Å². The Kier molecular flexibility index (Phi) is 3.97. The van der Waals surface area contributed by atoms with Gasteiger partial charge in [0.15, 0.2) is 5.78 Å². The first-order chi connectivity index (χ1) is 7.84. The second-order valence-electron chi connectivity index (χ2n) is 3.96. The van der Waals surface area contributed by atoms with E-state index in [0.29, 0.717) is 11.5 Å². The number of aromatic nitrogens is 2. The van der Waals surface area contributed by atoms with Crippen LogP contribution in [0.4, 0.5) is 0 Å². The fraction of sp³-hybridized carbons (Fsp3) is 0.500. The molecule has 1 aromatic heterocycles. The number of aliphatic carboxylic acids is 1. The zero-order valence-corrected chi connectivity index (χ0v) is 9.68. The lowest BCUT2D eigenvalue weighted by Gasteiger charge is -2.19. The summed E-state index contributed by atoms with van der Waals surface area (Å²) in [6.07, 6.45) is 1.41. The Balaban J connectivity index is 3.11. The number of H-pyrrole nitrogens is 1. The van der Waals surface area contributed by atoms with Gasteiger partial charge in [0.2, 0.25) is 0 Å². The molecule has 0 spiro atoms. The molecule has 7 nitrogen and oxygen atoms in total. The van der Waals surface area contributed by atoms with E-state index in [2.05, 4.69) is 9.97 Å². The highest BCUT2D eigenvalue weighted by molar-refractivity contribution is 5.94. The summed E-state index contributed by atoms with van der Waals surface area (Å²) < 4.78 is 0. The summed E-state index contributed by atoms with van der Waals surface area (Å²) in [6.45, 7) is 3.19. The molecule has 0 radical (unpaired) electrons. The number of carbonyl (C=O) groups excluding carboxylic acids is 1. The lowest BCUT2D eigenvalue weighted by Crippen LogP contribution is -2.45. The highest BCUT2D eigenvalue weighted by Gasteiger charge is 2.34. The largest absolute Gasteiger partial charge is 0.480 e. The number of imidazole rings is 1. The number of aryl methyl sites for hydroxylation is 1. The molecule has 17 heavy (non-hydrogen) atoms. The number of carboxylic acid groups (broad SMARTS) is 1. The van der Waals surface area contributed by atoms with Crippen molar-refractivity contribution >= 4 is 11.8 Å². The number of hydrogen-bond donors (Lipinski definition) is 4. The lowest BCUT2D eigenvalue weighted by molar-refractivity contribution is -0.141. The molecular weight excluding hydrogens is 224 g/mol. The molecule has 1 rings (SSSR count). The summed E-state index contributed by atoms with van der Waals surface area (Å²) in [4.78, 5) is 29.5. The molecule has 0 aliphatic carbocycles. The second-order valence-corrected chi connectivity index (χ2v) is 3.96. The number of nitrogens with zero attached hydrogens (tertiary/aromatic N) is 1. The Morgan fingerprint density at radius 2 is 2.06 bits per heavy atom. The van der Waals surface area contributed by atoms with Crippen molar-refractivity contribution in [2.24, 2.45) is 11.5 Å². The van der Waals surface area contributed by atoms with Crippen LogP contribution in [0, 0.1) is 6.92 Å². The fourth-order valence-corrected chi connectivity index (χ4v) is 1.55. The maximum absolute atomic E-state index is 11.9. The standard InChI is InChI=1S/C10H16N4O3/c1-4(11)9(15)7(8(12)10(16)17)6-3-13-5(2)14-6/h3-4,7-8H,11-12H2,1-2H3,(H,13,14)(H,16,17). The van der Waals surface area contributed by atoms with Crippen LogP contribution in [-0.4, -0.2) is 38.9 Å². The van der Waals surface area contributed by atoms with Crippen LogP contribution in [0.2, 0.25) is 0 Å². The molecule has 0 aromatic carbocycles. The third kappa shape index (κ3) is 2.89. The number of rotatable bonds is 5. The minimum atomic E-state index is -1.34. The van der Waals surface area contributed by atoms with Crippen LogP contribution >= 0.6 is 0 Å². The third-order valence-electron chi connectivity index (χ3n) is 2.46. The summed E-state index contributed by atoms with van der Waals surface area (Å²) >= 11 is 0. The van der Waals surface area contributed by atoms with E-state index in [1.807, 2.05) is 0 Å². The summed E-state index contributed by atoms with van der Waals surface area (Å²) in [7, 11) is 0. The summed E-state index contributed by atoms with van der Waals surface area (Å²) in [5, 5.41) is 8.90. The van der Waals surface area contributed by atoms with Gasteiger partial charge in [0.05, 0.1) is 12.0 Å². The van der Waals surface area contributed by atoms with Crippen molar-refractivity contribution in [3.05, 3.63) is 17.7 Å². The van der Waals surface area contributed by atoms with E-state index in [4.69, 9.17) is 16.6 Å². The maximum Gasteiger partial charge on any atom is 0.321 e. The van der Waals surface area contributed by atoms with Crippen molar-refractivity contribution in [3.63, 3.8) is 0 Å². The van der Waals surface area contributed by atoms with Crippen molar-refractivity contribution in [3.8, 4) is 0 Å². The molecule has 0 saturated carbocycles. The Bertz CT molecular complexity index is 427. The van der Waals surface area contributed by atoms with Crippen molar-refractivity contribution in [2.45, 2.75) is 31.8 Å². The molecule has 94 valence electrons. The van der Waals surface area contributed by atoms with Gasteiger partial charge in [-0.25, -0.2) is 4.98 Å². The van der Waals surface area contributed by atoms with E-state index in [0.717, 1.165) is 0 Å². The topological polar surface area (TPSA) is 135 Å². The predicted octanol–water partition coefficient (Wildman–Crippen LogP) is -0.870. The fourth-order valence-electron chi connectivity index (χ4n) is 1.55. The summed E-state index contributed by atoms with van der Waals surface area (Å²) in [6, 6.07) is -2.12. The predicted molar refractivity (Wildman–Crippen MR) is 60.3 cm³/mol. The number of nitrogens with two attached hydrogens (primary N) is 2. The van der Waals surface area contributed by atoms with Gasteiger partial charge in [-0.2, -0.15) is 0 Å². The van der Waals surface area contributed by atoms with Crippen LogP contribution in [0.25, 0.3) is 0 Å². The number of carbonyl (C=O) groups is 2. The molecule has 0 bridgehead atoms.